The quantitative estimate of drug-likeness (QED) is 0.360. The van der Waals surface area contributed by atoms with Crippen LogP contribution in [0.25, 0.3) is 5.65 Å². The molecule has 36 heavy (non-hydrogen) atoms. The van der Waals surface area contributed by atoms with Crippen molar-refractivity contribution in [1.82, 2.24) is 34.5 Å². The van der Waals surface area contributed by atoms with Crippen LogP contribution in [-0.2, 0) is 4.79 Å². The van der Waals surface area contributed by atoms with E-state index in [1.807, 2.05) is 59.6 Å². The minimum Gasteiger partial charge on any atom is -0.361 e. The lowest BCUT2D eigenvalue weighted by molar-refractivity contribution is -0.120. The highest BCUT2D eigenvalue weighted by Gasteiger charge is 2.45. The summed E-state index contributed by atoms with van der Waals surface area (Å²) >= 11 is 0. The maximum Gasteiger partial charge on any atom is 0.251 e. The van der Waals surface area contributed by atoms with Gasteiger partial charge in [0.25, 0.3) is 5.91 Å². The molecular weight excluding hydrogens is 458 g/mol. The Morgan fingerprint density at radius 3 is 2.83 bits per heavy atom. The molecule has 4 aromatic rings. The summed E-state index contributed by atoms with van der Waals surface area (Å²) in [7, 11) is 3.78. The minimum atomic E-state index is -0.836. The molecule has 6 rings (SSSR count). The number of nitrogens with zero attached hydrogens (tertiary/aromatic N) is 8. The Labute approximate surface area is 208 Å². The van der Waals surface area contributed by atoms with E-state index in [-0.39, 0.29) is 5.91 Å². The Hall–Kier alpha value is -4.22. The van der Waals surface area contributed by atoms with Crippen LogP contribution in [0.2, 0.25) is 0 Å². The van der Waals surface area contributed by atoms with Gasteiger partial charge in [-0.15, -0.1) is 0 Å². The number of aromatic amines is 1. The van der Waals surface area contributed by atoms with E-state index in [4.69, 9.17) is 9.97 Å². The van der Waals surface area contributed by atoms with E-state index in [2.05, 4.69) is 30.8 Å². The van der Waals surface area contributed by atoms with Crippen LogP contribution < -0.4 is 20.4 Å². The van der Waals surface area contributed by atoms with E-state index < -0.39 is 5.54 Å². The lowest BCUT2D eigenvalue weighted by Gasteiger charge is -2.34. The molecule has 5 heterocycles. The molecule has 12 heteroatoms. The van der Waals surface area contributed by atoms with Crippen LogP contribution in [0.3, 0.4) is 0 Å². The number of aromatic nitrogens is 7. The molecule has 12 nitrogen and oxygen atoms in total. The number of H-pyrrole nitrogens is 1. The minimum absolute atomic E-state index is 0.164. The van der Waals surface area contributed by atoms with Gasteiger partial charge in [-0.3, -0.25) is 14.3 Å². The van der Waals surface area contributed by atoms with E-state index in [9.17, 15) is 4.79 Å². The molecule has 0 bridgehead atoms. The van der Waals surface area contributed by atoms with E-state index >= 15 is 0 Å². The van der Waals surface area contributed by atoms with Gasteiger partial charge in [0.1, 0.15) is 22.8 Å². The SMILES string of the molecule is CN(C)c1cnc(NC(=O)[C@]2(C)CCCN2c2nc(Nc3cc(C4CC4)n[nH]3)n3cccc3n2)cn1. The molecule has 2 aliphatic rings. The van der Waals surface area contributed by atoms with Crippen molar-refractivity contribution in [2.45, 2.75) is 44.1 Å². The van der Waals surface area contributed by atoms with Gasteiger partial charge in [-0.25, -0.2) is 9.97 Å². The molecular formula is C24H29N11O. The number of carbonyl (C=O) groups is 1. The summed E-state index contributed by atoms with van der Waals surface area (Å²) in [5.74, 6) is 3.39. The van der Waals surface area contributed by atoms with E-state index in [1.165, 1.54) is 12.8 Å². The molecule has 186 valence electrons. The first kappa shape index (κ1) is 22.3. The highest BCUT2D eigenvalue weighted by Crippen LogP contribution is 2.40. The van der Waals surface area contributed by atoms with Gasteiger partial charge >= 0.3 is 0 Å². The Morgan fingerprint density at radius 1 is 1.22 bits per heavy atom. The van der Waals surface area contributed by atoms with Crippen molar-refractivity contribution in [3.63, 3.8) is 0 Å². The highest BCUT2D eigenvalue weighted by atomic mass is 16.2. The Kier molecular flexibility index (Phi) is 5.23. The number of carbonyl (C=O) groups excluding carboxylic acids is 1. The second kappa shape index (κ2) is 8.47. The normalized spacial score (nSPS) is 19.6. The van der Waals surface area contributed by atoms with Gasteiger partial charge in [-0.05, 0) is 44.7 Å². The van der Waals surface area contributed by atoms with Crippen molar-refractivity contribution < 1.29 is 4.79 Å². The number of amides is 1. The molecule has 0 spiro atoms. The zero-order valence-electron chi connectivity index (χ0n) is 20.6. The van der Waals surface area contributed by atoms with E-state index in [1.54, 1.807) is 12.4 Å². The van der Waals surface area contributed by atoms with Crippen LogP contribution in [-0.4, -0.2) is 66.6 Å². The molecule has 1 atom stereocenters. The van der Waals surface area contributed by atoms with Crippen LogP contribution in [0, 0.1) is 0 Å². The highest BCUT2D eigenvalue weighted by molar-refractivity contribution is 5.99. The van der Waals surface area contributed by atoms with Crippen LogP contribution in [0.1, 0.15) is 44.2 Å². The molecule has 2 fully saturated rings. The fourth-order valence-electron chi connectivity index (χ4n) is 4.62. The van der Waals surface area contributed by atoms with Gasteiger partial charge in [0.2, 0.25) is 11.9 Å². The topological polar surface area (TPSA) is 132 Å². The number of anilines is 5. The average molecular weight is 488 g/mol. The first-order valence-corrected chi connectivity index (χ1v) is 12.2. The Bertz CT molecular complexity index is 1410. The smallest absolute Gasteiger partial charge is 0.251 e. The summed E-state index contributed by atoms with van der Waals surface area (Å²) in [6.07, 6.45) is 9.00. The van der Waals surface area contributed by atoms with Gasteiger partial charge in [0.05, 0.1) is 18.1 Å². The maximum absolute atomic E-state index is 13.5. The zero-order valence-corrected chi connectivity index (χ0v) is 20.6. The molecule has 4 aromatic heterocycles. The van der Waals surface area contributed by atoms with Crippen molar-refractivity contribution in [3.8, 4) is 0 Å². The molecule has 3 N–H and O–H groups in total. The third-order valence-corrected chi connectivity index (χ3v) is 6.93. The first-order valence-electron chi connectivity index (χ1n) is 12.2. The van der Waals surface area contributed by atoms with E-state index in [0.717, 1.165) is 29.4 Å². The largest absolute Gasteiger partial charge is 0.361 e. The summed E-state index contributed by atoms with van der Waals surface area (Å²) in [6, 6.07) is 5.88. The molecule has 1 saturated heterocycles. The van der Waals surface area contributed by atoms with Crippen molar-refractivity contribution in [2.75, 3.05) is 41.1 Å². The summed E-state index contributed by atoms with van der Waals surface area (Å²) in [5, 5.41) is 13.8. The predicted molar refractivity (Wildman–Crippen MR) is 137 cm³/mol. The first-order chi connectivity index (χ1) is 17.4. The van der Waals surface area contributed by atoms with Gasteiger partial charge in [0, 0.05) is 38.8 Å². The fraction of sp³-hybridized carbons (Fsp3) is 0.417. The van der Waals surface area contributed by atoms with Crippen LogP contribution in [0.5, 0.6) is 0 Å². The molecule has 0 unspecified atom stereocenters. The zero-order chi connectivity index (χ0) is 24.9. The second-order valence-electron chi connectivity index (χ2n) is 9.83. The van der Waals surface area contributed by atoms with Crippen LogP contribution >= 0.6 is 0 Å². The Balaban J connectivity index is 1.28. The van der Waals surface area contributed by atoms with Gasteiger partial charge in [-0.1, -0.05) is 0 Å². The van der Waals surface area contributed by atoms with Gasteiger partial charge in [0.15, 0.2) is 5.82 Å². The molecule has 1 saturated carbocycles. The van der Waals surface area contributed by atoms with Crippen molar-refractivity contribution >= 4 is 40.9 Å². The predicted octanol–water partition coefficient (Wildman–Crippen LogP) is 2.93. The summed E-state index contributed by atoms with van der Waals surface area (Å²) < 4.78 is 1.89. The van der Waals surface area contributed by atoms with Crippen LogP contribution in [0.4, 0.5) is 29.4 Å². The van der Waals surface area contributed by atoms with E-state index in [0.29, 0.717) is 36.6 Å². The monoisotopic (exact) mass is 487 g/mol. The number of rotatable bonds is 7. The molecule has 0 aromatic carbocycles. The van der Waals surface area contributed by atoms with Crippen molar-refractivity contribution in [2.24, 2.45) is 0 Å². The maximum atomic E-state index is 13.5. The van der Waals surface area contributed by atoms with Crippen LogP contribution in [0.15, 0.2) is 36.8 Å². The molecule has 1 amide bonds. The fourth-order valence-corrected chi connectivity index (χ4v) is 4.62. The number of nitrogens with one attached hydrogen (secondary N) is 3. The lowest BCUT2D eigenvalue weighted by Crippen LogP contribution is -2.51. The van der Waals surface area contributed by atoms with Gasteiger partial charge < -0.3 is 20.4 Å². The third kappa shape index (κ3) is 3.97. The molecule has 1 aliphatic carbocycles. The Morgan fingerprint density at radius 2 is 2.08 bits per heavy atom. The summed E-state index contributed by atoms with van der Waals surface area (Å²) in [5.41, 5.74) is 0.974. The summed E-state index contributed by atoms with van der Waals surface area (Å²) in [6.45, 7) is 2.59. The molecule has 1 aliphatic heterocycles. The standard InChI is InChI=1S/C24H29N11O/c1-24(21(36)27-18-13-26-20(14-25-18)33(2)3)9-5-11-35(24)23-29-19-6-4-10-34(19)22(30-23)28-17-12-16(31-32-17)15-7-8-15/h4,6,10,12-15H,5,7-9,11H2,1-3H3,(H,25,27,36)(H2,28,29,30,31,32)/t24-/m0/s1. The third-order valence-electron chi connectivity index (χ3n) is 6.93. The number of fused-ring (bicyclic) bond motifs is 1. The van der Waals surface area contributed by atoms with Crippen molar-refractivity contribution in [3.05, 3.63) is 42.5 Å². The van der Waals surface area contributed by atoms with Gasteiger partial charge in [-0.2, -0.15) is 15.1 Å². The number of hydrogen-bond donors (Lipinski definition) is 3. The molecule has 0 radical (unpaired) electrons. The average Bonchev–Trinajstić information content (AvgIpc) is 3.24. The number of hydrogen-bond acceptors (Lipinski definition) is 9. The lowest BCUT2D eigenvalue weighted by atomic mass is 9.98. The second-order valence-corrected chi connectivity index (χ2v) is 9.83. The van der Waals surface area contributed by atoms with Crippen molar-refractivity contribution in [1.29, 1.82) is 0 Å². The summed E-state index contributed by atoms with van der Waals surface area (Å²) in [4.78, 5) is 35.6.